The largest absolute Gasteiger partial charge is 0.487 e. The Morgan fingerprint density at radius 3 is 2.59 bits per heavy atom. The molecule has 0 spiro atoms. The van der Waals surface area contributed by atoms with Gasteiger partial charge in [-0.2, -0.15) is 0 Å². The number of amides is 2. The van der Waals surface area contributed by atoms with Crippen LogP contribution in [0.5, 0.6) is 17.2 Å². The average molecular weight is 425 g/mol. The Balaban J connectivity index is 1.41. The van der Waals surface area contributed by atoms with E-state index in [4.69, 9.17) is 21.1 Å². The second-order valence-corrected chi connectivity index (χ2v) is 6.87. The van der Waals surface area contributed by atoms with Gasteiger partial charge in [-0.25, -0.2) is 4.90 Å². The van der Waals surface area contributed by atoms with Crippen LogP contribution < -0.4 is 24.4 Å². The molecule has 1 saturated heterocycles. The summed E-state index contributed by atoms with van der Waals surface area (Å²) in [6, 6.07) is 9.82. The average Bonchev–Trinajstić information content (AvgIpc) is 3.23. The van der Waals surface area contributed by atoms with Gasteiger partial charge in [-0.3, -0.25) is 9.59 Å². The molecule has 4 rings (SSSR count). The van der Waals surface area contributed by atoms with Crippen molar-refractivity contribution in [1.82, 2.24) is 5.32 Å². The molecule has 10 heteroatoms. The lowest BCUT2D eigenvalue weighted by molar-refractivity contribution is -0.121. The summed E-state index contributed by atoms with van der Waals surface area (Å²) in [5, 5.41) is 3.06. The minimum absolute atomic E-state index is 0.0125. The number of rotatable bonds is 6. The van der Waals surface area contributed by atoms with Gasteiger partial charge in [-0.1, -0.05) is 6.07 Å². The summed E-state index contributed by atoms with van der Waals surface area (Å²) in [6.07, 6.45) is -0.0125. The molecule has 0 aliphatic carbocycles. The molecule has 1 fully saturated rings. The van der Waals surface area contributed by atoms with Gasteiger partial charge < -0.3 is 19.5 Å². The number of fused-ring (bicyclic) bond motifs is 1. The SMILES string of the molecule is O=C1CC(NCc2ccc3c(c2)OCO3)C(=O)N1c1ccc(OC(F)(F)Cl)cc1. The van der Waals surface area contributed by atoms with Crippen LogP contribution in [0, 0.1) is 0 Å². The third-order valence-electron chi connectivity index (χ3n) is 4.46. The standard InChI is InChI=1S/C19H15ClF2N2O5/c20-19(21,22)29-13-4-2-12(3-5-13)24-17(25)8-14(18(24)26)23-9-11-1-6-15-16(7-11)28-10-27-15/h1-7,14,23H,8-10H2. The van der Waals surface area contributed by atoms with E-state index < -0.39 is 23.4 Å². The Morgan fingerprint density at radius 2 is 1.86 bits per heavy atom. The highest BCUT2D eigenvalue weighted by Crippen LogP contribution is 2.33. The van der Waals surface area contributed by atoms with Crippen molar-refractivity contribution < 1.29 is 32.6 Å². The monoisotopic (exact) mass is 424 g/mol. The maximum Gasteiger partial charge on any atom is 0.487 e. The quantitative estimate of drug-likeness (QED) is 0.567. The molecular formula is C19H15ClF2N2O5. The van der Waals surface area contributed by atoms with Crippen LogP contribution in [-0.4, -0.2) is 30.2 Å². The van der Waals surface area contributed by atoms with Crippen molar-refractivity contribution in [3.63, 3.8) is 0 Å². The van der Waals surface area contributed by atoms with Gasteiger partial charge in [0, 0.05) is 18.1 Å². The topological polar surface area (TPSA) is 77.1 Å². The lowest BCUT2D eigenvalue weighted by Gasteiger charge is -2.17. The number of nitrogens with zero attached hydrogens (tertiary/aromatic N) is 1. The fraction of sp³-hybridized carbons (Fsp3) is 0.263. The van der Waals surface area contributed by atoms with E-state index >= 15 is 0 Å². The Morgan fingerprint density at radius 1 is 1.14 bits per heavy atom. The predicted octanol–water partition coefficient (Wildman–Crippen LogP) is 3.00. The summed E-state index contributed by atoms with van der Waals surface area (Å²) < 4.78 is 40.2. The van der Waals surface area contributed by atoms with Crippen molar-refractivity contribution in [2.75, 3.05) is 11.7 Å². The maximum atomic E-state index is 12.7. The molecular weight excluding hydrogens is 410 g/mol. The van der Waals surface area contributed by atoms with Crippen molar-refractivity contribution in [2.24, 2.45) is 0 Å². The van der Waals surface area contributed by atoms with E-state index in [1.807, 2.05) is 6.07 Å². The molecule has 0 bridgehead atoms. The van der Waals surface area contributed by atoms with Gasteiger partial charge >= 0.3 is 5.57 Å². The lowest BCUT2D eigenvalue weighted by atomic mass is 10.1. The molecule has 2 amide bonds. The maximum absolute atomic E-state index is 12.7. The molecule has 7 nitrogen and oxygen atoms in total. The van der Waals surface area contributed by atoms with Crippen LogP contribution in [0.15, 0.2) is 42.5 Å². The minimum atomic E-state index is -3.84. The van der Waals surface area contributed by atoms with Gasteiger partial charge in [0.25, 0.3) is 5.91 Å². The lowest BCUT2D eigenvalue weighted by Crippen LogP contribution is -2.38. The highest BCUT2D eigenvalue weighted by atomic mass is 35.5. The fourth-order valence-electron chi connectivity index (χ4n) is 3.15. The van der Waals surface area contributed by atoms with E-state index in [0.717, 1.165) is 10.5 Å². The second-order valence-electron chi connectivity index (χ2n) is 6.43. The van der Waals surface area contributed by atoms with Crippen LogP contribution >= 0.6 is 11.6 Å². The third kappa shape index (κ3) is 4.25. The van der Waals surface area contributed by atoms with Crippen LogP contribution in [0.2, 0.25) is 0 Å². The summed E-state index contributed by atoms with van der Waals surface area (Å²) in [6.45, 7) is 0.523. The Hall–Kier alpha value is -2.91. The molecule has 2 aliphatic heterocycles. The molecule has 2 heterocycles. The highest BCUT2D eigenvalue weighted by Gasteiger charge is 2.39. The zero-order valence-corrected chi connectivity index (χ0v) is 15.6. The van der Waals surface area contributed by atoms with Gasteiger partial charge in [-0.15, -0.1) is 8.78 Å². The van der Waals surface area contributed by atoms with Crippen molar-refractivity contribution in [3.05, 3.63) is 48.0 Å². The number of halogens is 3. The van der Waals surface area contributed by atoms with Gasteiger partial charge in [-0.05, 0) is 42.0 Å². The van der Waals surface area contributed by atoms with Crippen molar-refractivity contribution in [3.8, 4) is 17.2 Å². The molecule has 152 valence electrons. The Kier molecular flexibility index (Phi) is 5.01. The molecule has 1 N–H and O–H groups in total. The first-order valence-corrected chi connectivity index (χ1v) is 9.02. The fourth-order valence-corrected chi connectivity index (χ4v) is 3.24. The number of hydrogen-bond acceptors (Lipinski definition) is 6. The zero-order chi connectivity index (χ0) is 20.6. The predicted molar refractivity (Wildman–Crippen MR) is 98.2 cm³/mol. The summed E-state index contributed by atoms with van der Waals surface area (Å²) in [7, 11) is 0. The summed E-state index contributed by atoms with van der Waals surface area (Å²) >= 11 is 4.72. The third-order valence-corrected chi connectivity index (χ3v) is 4.54. The van der Waals surface area contributed by atoms with Gasteiger partial charge in [0.1, 0.15) is 5.75 Å². The number of benzene rings is 2. The summed E-state index contributed by atoms with van der Waals surface area (Å²) in [5.41, 5.74) is -2.71. The number of carbonyl (C=O) groups is 2. The first-order valence-electron chi connectivity index (χ1n) is 8.65. The zero-order valence-electron chi connectivity index (χ0n) is 14.9. The first-order chi connectivity index (χ1) is 13.8. The normalized spacial score (nSPS) is 18.4. The smallest absolute Gasteiger partial charge is 0.454 e. The van der Waals surface area contributed by atoms with Crippen LogP contribution in [-0.2, 0) is 16.1 Å². The second kappa shape index (κ2) is 7.49. The number of hydrogen-bond donors (Lipinski definition) is 1. The number of anilines is 1. The Bertz CT molecular complexity index is 949. The molecule has 2 aromatic carbocycles. The van der Waals surface area contributed by atoms with Crippen LogP contribution in [0.4, 0.5) is 14.5 Å². The van der Waals surface area contributed by atoms with E-state index in [1.165, 1.54) is 24.3 Å². The van der Waals surface area contributed by atoms with Gasteiger partial charge in [0.2, 0.25) is 12.7 Å². The molecule has 1 atom stereocenters. The van der Waals surface area contributed by atoms with Gasteiger partial charge in [0.05, 0.1) is 18.2 Å². The molecule has 0 aromatic heterocycles. The highest BCUT2D eigenvalue weighted by molar-refractivity contribution is 6.22. The number of imide groups is 1. The molecule has 2 aliphatic rings. The molecule has 0 saturated carbocycles. The van der Waals surface area contributed by atoms with E-state index in [0.29, 0.717) is 18.0 Å². The molecule has 2 aromatic rings. The first kappa shape index (κ1) is 19.4. The van der Waals surface area contributed by atoms with Crippen LogP contribution in [0.25, 0.3) is 0 Å². The van der Waals surface area contributed by atoms with Crippen molar-refractivity contribution >= 4 is 29.1 Å². The van der Waals surface area contributed by atoms with Crippen molar-refractivity contribution in [1.29, 1.82) is 0 Å². The number of ether oxygens (including phenoxy) is 3. The van der Waals surface area contributed by atoms with Gasteiger partial charge in [0.15, 0.2) is 11.5 Å². The number of nitrogens with one attached hydrogen (secondary N) is 1. The summed E-state index contributed by atoms with van der Waals surface area (Å²) in [5.74, 6) is 0.280. The summed E-state index contributed by atoms with van der Waals surface area (Å²) in [4.78, 5) is 26.0. The van der Waals surface area contributed by atoms with Crippen molar-refractivity contribution in [2.45, 2.75) is 24.6 Å². The Labute approximate surface area is 169 Å². The van der Waals surface area contributed by atoms with E-state index in [-0.39, 0.29) is 24.7 Å². The molecule has 29 heavy (non-hydrogen) atoms. The molecule has 0 radical (unpaired) electrons. The van der Waals surface area contributed by atoms with Crippen LogP contribution in [0.1, 0.15) is 12.0 Å². The van der Waals surface area contributed by atoms with E-state index in [9.17, 15) is 18.4 Å². The minimum Gasteiger partial charge on any atom is -0.454 e. The number of alkyl halides is 3. The molecule has 1 unspecified atom stereocenters. The van der Waals surface area contributed by atoms with E-state index in [1.54, 1.807) is 12.1 Å². The van der Waals surface area contributed by atoms with Crippen LogP contribution in [0.3, 0.4) is 0 Å². The van der Waals surface area contributed by atoms with E-state index in [2.05, 4.69) is 10.1 Å². The number of carbonyl (C=O) groups excluding carboxylic acids is 2.